The zero-order chi connectivity index (χ0) is 11.5. The lowest BCUT2D eigenvalue weighted by atomic mass is 10.5. The van der Waals surface area contributed by atoms with Gasteiger partial charge in [0.1, 0.15) is 15.4 Å². The van der Waals surface area contributed by atoms with Crippen LogP contribution in [0.1, 0.15) is 10.7 Å². The van der Waals surface area contributed by atoms with Gasteiger partial charge in [-0.15, -0.1) is 11.3 Å². The molecule has 0 saturated heterocycles. The fraction of sp³-hybridized carbons (Fsp3) is 0.222. The number of hydrogen-bond donors (Lipinski definition) is 2. The number of aromatic nitrogens is 3. The van der Waals surface area contributed by atoms with Crippen LogP contribution in [0, 0.1) is 6.92 Å². The Labute approximate surface area is 105 Å². The monoisotopic (exact) mass is 299 g/mol. The molecule has 84 valence electrons. The Kier molecular flexibility index (Phi) is 3.35. The van der Waals surface area contributed by atoms with E-state index in [4.69, 9.17) is 5.73 Å². The number of rotatable bonds is 3. The molecule has 0 atom stereocenters. The first-order valence-electron chi connectivity index (χ1n) is 4.58. The first-order chi connectivity index (χ1) is 7.63. The fourth-order valence-corrected chi connectivity index (χ4v) is 2.27. The summed E-state index contributed by atoms with van der Waals surface area (Å²) < 4.78 is 0.665. The summed E-state index contributed by atoms with van der Waals surface area (Å²) in [5.41, 5.74) is 6.62. The van der Waals surface area contributed by atoms with Gasteiger partial charge in [0.05, 0.1) is 6.54 Å². The summed E-state index contributed by atoms with van der Waals surface area (Å²) in [5.74, 6) is 0.930. The lowest BCUT2D eigenvalue weighted by Crippen LogP contribution is -2.05. The van der Waals surface area contributed by atoms with Gasteiger partial charge in [-0.3, -0.25) is 0 Å². The van der Waals surface area contributed by atoms with E-state index in [0.29, 0.717) is 22.9 Å². The Morgan fingerprint density at radius 3 is 2.88 bits per heavy atom. The number of nitrogen functional groups attached to an aromatic ring is 1. The molecule has 2 aromatic heterocycles. The van der Waals surface area contributed by atoms with Crippen molar-refractivity contribution >= 4 is 39.0 Å². The molecule has 2 rings (SSSR count). The summed E-state index contributed by atoms with van der Waals surface area (Å²) in [7, 11) is 0. The van der Waals surface area contributed by atoms with E-state index in [1.807, 2.05) is 12.3 Å². The Hall–Kier alpha value is -1.21. The fourth-order valence-electron chi connectivity index (χ4n) is 1.15. The zero-order valence-corrected chi connectivity index (χ0v) is 11.0. The van der Waals surface area contributed by atoms with Crippen molar-refractivity contribution in [3.8, 4) is 0 Å². The van der Waals surface area contributed by atoms with E-state index in [2.05, 4.69) is 36.2 Å². The van der Waals surface area contributed by atoms with Gasteiger partial charge in [0.2, 0.25) is 5.95 Å². The molecule has 0 spiro atoms. The molecule has 0 aromatic carbocycles. The molecule has 0 unspecified atom stereocenters. The Balaban J connectivity index is 2.04. The SMILES string of the molecule is Cc1csc(CNc2nc(N)cc(Br)n2)n1. The molecule has 0 aliphatic rings. The summed E-state index contributed by atoms with van der Waals surface area (Å²) in [4.78, 5) is 12.5. The normalized spacial score (nSPS) is 10.4. The van der Waals surface area contributed by atoms with Gasteiger partial charge >= 0.3 is 0 Å². The van der Waals surface area contributed by atoms with Gasteiger partial charge in [0.15, 0.2) is 0 Å². The second-order valence-corrected chi connectivity index (χ2v) is 4.93. The quantitative estimate of drug-likeness (QED) is 0.850. The third-order valence-corrected chi connectivity index (χ3v) is 3.15. The van der Waals surface area contributed by atoms with Crippen LogP contribution in [0.3, 0.4) is 0 Å². The molecule has 16 heavy (non-hydrogen) atoms. The highest BCUT2D eigenvalue weighted by Crippen LogP contribution is 2.14. The number of hydrogen-bond acceptors (Lipinski definition) is 6. The molecule has 0 aliphatic heterocycles. The van der Waals surface area contributed by atoms with Crippen molar-refractivity contribution in [3.05, 3.63) is 26.8 Å². The van der Waals surface area contributed by atoms with Crippen LogP contribution in [0.5, 0.6) is 0 Å². The summed E-state index contributed by atoms with van der Waals surface area (Å²) in [6.07, 6.45) is 0. The van der Waals surface area contributed by atoms with Crippen molar-refractivity contribution in [2.24, 2.45) is 0 Å². The lowest BCUT2D eigenvalue weighted by molar-refractivity contribution is 1.02. The maximum Gasteiger partial charge on any atom is 0.226 e. The standard InChI is InChI=1S/C9H10BrN5S/c1-5-4-16-8(13-5)3-12-9-14-6(10)2-7(11)15-9/h2,4H,3H2,1H3,(H3,11,12,14,15). The topological polar surface area (TPSA) is 76.7 Å². The minimum atomic E-state index is 0.430. The van der Waals surface area contributed by atoms with E-state index in [1.165, 1.54) is 0 Å². The van der Waals surface area contributed by atoms with Gasteiger partial charge in [-0.05, 0) is 22.9 Å². The largest absolute Gasteiger partial charge is 0.383 e. The van der Waals surface area contributed by atoms with Crippen molar-refractivity contribution < 1.29 is 0 Å². The van der Waals surface area contributed by atoms with Gasteiger partial charge in [-0.2, -0.15) is 4.98 Å². The van der Waals surface area contributed by atoms with Gasteiger partial charge in [0.25, 0.3) is 0 Å². The molecule has 7 heteroatoms. The number of thiazole rings is 1. The van der Waals surface area contributed by atoms with Crippen LogP contribution in [0.2, 0.25) is 0 Å². The van der Waals surface area contributed by atoms with E-state index in [-0.39, 0.29) is 0 Å². The number of nitrogens with one attached hydrogen (secondary N) is 1. The molecule has 0 radical (unpaired) electrons. The van der Waals surface area contributed by atoms with Crippen molar-refractivity contribution in [1.29, 1.82) is 0 Å². The van der Waals surface area contributed by atoms with E-state index < -0.39 is 0 Å². The van der Waals surface area contributed by atoms with Crippen LogP contribution in [0.15, 0.2) is 16.0 Å². The predicted molar refractivity (Wildman–Crippen MR) is 68.3 cm³/mol. The first kappa shape index (κ1) is 11.3. The van der Waals surface area contributed by atoms with Crippen LogP contribution >= 0.6 is 27.3 Å². The molecule has 0 amide bonds. The molecule has 5 nitrogen and oxygen atoms in total. The number of nitrogens with zero attached hydrogens (tertiary/aromatic N) is 3. The highest BCUT2D eigenvalue weighted by molar-refractivity contribution is 9.10. The van der Waals surface area contributed by atoms with Gasteiger partial charge in [-0.25, -0.2) is 9.97 Å². The maximum atomic E-state index is 5.60. The van der Waals surface area contributed by atoms with E-state index in [1.54, 1.807) is 17.4 Å². The Morgan fingerprint density at radius 2 is 2.25 bits per heavy atom. The minimum absolute atomic E-state index is 0.430. The molecule has 0 bridgehead atoms. The summed E-state index contributed by atoms with van der Waals surface area (Å²) in [5, 5.41) is 6.08. The number of halogens is 1. The third kappa shape index (κ3) is 2.89. The highest BCUT2D eigenvalue weighted by atomic mass is 79.9. The number of nitrogens with two attached hydrogens (primary N) is 1. The second-order valence-electron chi connectivity index (χ2n) is 3.18. The van der Waals surface area contributed by atoms with Crippen LogP contribution in [-0.2, 0) is 6.54 Å². The summed E-state index contributed by atoms with van der Waals surface area (Å²) in [6, 6.07) is 1.65. The highest BCUT2D eigenvalue weighted by Gasteiger charge is 2.02. The second kappa shape index (κ2) is 4.75. The Morgan fingerprint density at radius 1 is 1.44 bits per heavy atom. The van der Waals surface area contributed by atoms with E-state index in [9.17, 15) is 0 Å². The van der Waals surface area contributed by atoms with Gasteiger partial charge in [0, 0.05) is 17.1 Å². The number of aryl methyl sites for hydroxylation is 1. The molecular formula is C9H10BrN5S. The zero-order valence-electron chi connectivity index (χ0n) is 8.57. The molecule has 2 heterocycles. The smallest absolute Gasteiger partial charge is 0.226 e. The summed E-state index contributed by atoms with van der Waals surface area (Å²) >= 11 is 4.86. The maximum absolute atomic E-state index is 5.60. The van der Waals surface area contributed by atoms with Crippen LogP contribution in [-0.4, -0.2) is 15.0 Å². The van der Waals surface area contributed by atoms with Crippen LogP contribution in [0.25, 0.3) is 0 Å². The average molecular weight is 300 g/mol. The van der Waals surface area contributed by atoms with Crippen molar-refractivity contribution in [3.63, 3.8) is 0 Å². The molecule has 2 aromatic rings. The molecule has 0 saturated carbocycles. The Bertz CT molecular complexity index is 478. The lowest BCUT2D eigenvalue weighted by Gasteiger charge is -2.03. The predicted octanol–water partition coefficient (Wildman–Crippen LogP) is 2.20. The number of anilines is 2. The molecule has 0 fully saturated rings. The van der Waals surface area contributed by atoms with Crippen molar-refractivity contribution in [2.75, 3.05) is 11.1 Å². The minimum Gasteiger partial charge on any atom is -0.383 e. The summed E-state index contributed by atoms with van der Waals surface area (Å²) in [6.45, 7) is 2.57. The molecule has 0 aliphatic carbocycles. The average Bonchev–Trinajstić information content (AvgIpc) is 2.60. The molecule has 3 N–H and O–H groups in total. The van der Waals surface area contributed by atoms with Gasteiger partial charge in [-0.1, -0.05) is 0 Å². The van der Waals surface area contributed by atoms with Crippen LogP contribution < -0.4 is 11.1 Å². The first-order valence-corrected chi connectivity index (χ1v) is 6.25. The van der Waals surface area contributed by atoms with E-state index in [0.717, 1.165) is 10.7 Å². The van der Waals surface area contributed by atoms with Gasteiger partial charge < -0.3 is 11.1 Å². The van der Waals surface area contributed by atoms with Crippen molar-refractivity contribution in [1.82, 2.24) is 15.0 Å². The van der Waals surface area contributed by atoms with Crippen molar-refractivity contribution in [2.45, 2.75) is 13.5 Å². The third-order valence-electron chi connectivity index (χ3n) is 1.78. The van der Waals surface area contributed by atoms with E-state index >= 15 is 0 Å². The van der Waals surface area contributed by atoms with Crippen LogP contribution in [0.4, 0.5) is 11.8 Å². The molecular weight excluding hydrogens is 290 g/mol.